The molecular weight excluding hydrogens is 562 g/mol. The number of carbonyl (C=O) groups is 2. The first-order valence-corrected chi connectivity index (χ1v) is 15.4. The van der Waals surface area contributed by atoms with Gasteiger partial charge in [-0.2, -0.15) is 0 Å². The molecule has 0 radical (unpaired) electrons. The van der Waals surface area contributed by atoms with Crippen LogP contribution in [0.3, 0.4) is 0 Å². The summed E-state index contributed by atoms with van der Waals surface area (Å²) in [6.07, 6.45) is 0.241. The quantitative estimate of drug-likeness (QED) is 0.250. The lowest BCUT2D eigenvalue weighted by molar-refractivity contribution is -0.139. The molecule has 0 aliphatic heterocycles. The number of methoxy groups -OCH3 is 1. The van der Waals surface area contributed by atoms with Gasteiger partial charge in [0.05, 0.1) is 17.7 Å². The summed E-state index contributed by atoms with van der Waals surface area (Å²) in [5, 5.41) is 2.70. The normalized spacial score (nSPS) is 11.8. The molecule has 0 aliphatic rings. The van der Waals surface area contributed by atoms with Gasteiger partial charge in [-0.1, -0.05) is 72.8 Å². The largest absolute Gasteiger partial charge is 0.497 e. The van der Waals surface area contributed by atoms with Crippen molar-refractivity contribution in [3.63, 3.8) is 0 Å². The number of nitrogens with one attached hydrogen (secondary N) is 1. The Bertz CT molecular complexity index is 1660. The minimum absolute atomic E-state index is 0.0625. The first-order valence-electron chi connectivity index (χ1n) is 14.0. The van der Waals surface area contributed by atoms with Gasteiger partial charge >= 0.3 is 0 Å². The number of aryl methyl sites for hydroxylation is 2. The Labute approximate surface area is 254 Å². The molecule has 0 spiro atoms. The van der Waals surface area contributed by atoms with Gasteiger partial charge in [-0.3, -0.25) is 13.9 Å². The van der Waals surface area contributed by atoms with Crippen LogP contribution in [-0.2, 0) is 32.6 Å². The third-order valence-electron chi connectivity index (χ3n) is 7.25. The molecule has 0 aliphatic carbocycles. The number of benzene rings is 4. The third kappa shape index (κ3) is 7.61. The van der Waals surface area contributed by atoms with Gasteiger partial charge < -0.3 is 15.0 Å². The minimum atomic E-state index is -4.15. The summed E-state index contributed by atoms with van der Waals surface area (Å²) in [6.45, 7) is 3.24. The van der Waals surface area contributed by atoms with Crippen LogP contribution in [0.2, 0.25) is 0 Å². The van der Waals surface area contributed by atoms with Gasteiger partial charge in [-0.25, -0.2) is 8.42 Å². The van der Waals surface area contributed by atoms with E-state index < -0.39 is 28.5 Å². The Kier molecular flexibility index (Phi) is 10.2. The maximum Gasteiger partial charge on any atom is 0.264 e. The van der Waals surface area contributed by atoms with Crippen molar-refractivity contribution in [2.24, 2.45) is 0 Å². The zero-order valence-electron chi connectivity index (χ0n) is 24.9. The molecule has 0 saturated carbocycles. The second-order valence-corrected chi connectivity index (χ2v) is 12.2. The molecule has 9 heteroatoms. The first kappa shape index (κ1) is 31.3. The van der Waals surface area contributed by atoms with E-state index in [0.29, 0.717) is 17.0 Å². The number of amides is 2. The smallest absolute Gasteiger partial charge is 0.264 e. The second-order valence-electron chi connectivity index (χ2n) is 10.3. The van der Waals surface area contributed by atoms with Crippen molar-refractivity contribution in [2.75, 3.05) is 25.0 Å². The highest BCUT2D eigenvalue weighted by molar-refractivity contribution is 7.92. The fourth-order valence-corrected chi connectivity index (χ4v) is 6.40. The van der Waals surface area contributed by atoms with E-state index in [4.69, 9.17) is 4.74 Å². The number of nitrogens with zero attached hydrogens (tertiary/aromatic N) is 2. The first-order chi connectivity index (χ1) is 20.6. The number of rotatable bonds is 12. The molecule has 0 unspecified atom stereocenters. The van der Waals surface area contributed by atoms with E-state index in [2.05, 4.69) is 5.32 Å². The molecule has 4 aromatic carbocycles. The molecule has 8 nitrogen and oxygen atoms in total. The SMILES string of the molecule is CNC(=O)[C@@H](Cc1ccccc1)N(Cc1cccc(OC)c1)C(=O)CN(c1cc(C)ccc1C)S(=O)(=O)c1ccccc1. The Morgan fingerprint density at radius 3 is 2.14 bits per heavy atom. The number of anilines is 1. The highest BCUT2D eigenvalue weighted by atomic mass is 32.2. The molecule has 0 fully saturated rings. The Morgan fingerprint density at radius 2 is 1.49 bits per heavy atom. The van der Waals surface area contributed by atoms with E-state index in [1.165, 1.54) is 24.1 Å². The van der Waals surface area contributed by atoms with E-state index in [0.717, 1.165) is 21.0 Å². The molecule has 0 heterocycles. The molecule has 43 heavy (non-hydrogen) atoms. The van der Waals surface area contributed by atoms with Crippen molar-refractivity contribution >= 4 is 27.5 Å². The zero-order chi connectivity index (χ0) is 31.0. The zero-order valence-corrected chi connectivity index (χ0v) is 25.7. The van der Waals surface area contributed by atoms with E-state index in [-0.39, 0.29) is 23.8 Å². The molecule has 2 amide bonds. The van der Waals surface area contributed by atoms with Gasteiger partial charge in [0.25, 0.3) is 10.0 Å². The molecule has 0 saturated heterocycles. The van der Waals surface area contributed by atoms with Crippen LogP contribution in [0.25, 0.3) is 0 Å². The van der Waals surface area contributed by atoms with Crippen molar-refractivity contribution in [1.82, 2.24) is 10.2 Å². The summed E-state index contributed by atoms with van der Waals surface area (Å²) in [5.74, 6) is -0.273. The summed E-state index contributed by atoms with van der Waals surface area (Å²) >= 11 is 0. The van der Waals surface area contributed by atoms with Crippen LogP contribution in [-0.4, -0.2) is 51.9 Å². The van der Waals surface area contributed by atoms with Gasteiger partial charge in [-0.15, -0.1) is 0 Å². The highest BCUT2D eigenvalue weighted by Crippen LogP contribution is 2.29. The maximum atomic E-state index is 14.4. The maximum absolute atomic E-state index is 14.4. The predicted octanol–water partition coefficient (Wildman–Crippen LogP) is 4.89. The lowest BCUT2D eigenvalue weighted by Gasteiger charge is -2.34. The fraction of sp³-hybridized carbons (Fsp3) is 0.235. The van der Waals surface area contributed by atoms with Gasteiger partial charge in [0.1, 0.15) is 18.3 Å². The Hall–Kier alpha value is -4.63. The highest BCUT2D eigenvalue weighted by Gasteiger charge is 2.34. The lowest BCUT2D eigenvalue weighted by atomic mass is 10.0. The molecule has 224 valence electrons. The van der Waals surface area contributed by atoms with Crippen LogP contribution in [0.4, 0.5) is 5.69 Å². The second kappa shape index (κ2) is 14.0. The molecule has 1 atom stereocenters. The Balaban J connectivity index is 1.82. The summed E-state index contributed by atoms with van der Waals surface area (Å²) in [4.78, 5) is 29.3. The van der Waals surface area contributed by atoms with E-state index >= 15 is 0 Å². The molecule has 4 rings (SSSR count). The molecule has 0 bridgehead atoms. The number of ether oxygens (including phenoxy) is 1. The van der Waals surface area contributed by atoms with Crippen molar-refractivity contribution in [2.45, 2.75) is 37.8 Å². The number of carbonyl (C=O) groups excluding carboxylic acids is 2. The lowest BCUT2D eigenvalue weighted by Crippen LogP contribution is -2.53. The van der Waals surface area contributed by atoms with Crippen molar-refractivity contribution < 1.29 is 22.7 Å². The summed E-state index contributed by atoms with van der Waals surface area (Å²) < 4.78 is 34.8. The van der Waals surface area contributed by atoms with Crippen LogP contribution >= 0.6 is 0 Å². The predicted molar refractivity (Wildman–Crippen MR) is 168 cm³/mol. The number of sulfonamides is 1. The monoisotopic (exact) mass is 599 g/mol. The third-order valence-corrected chi connectivity index (χ3v) is 9.02. The van der Waals surface area contributed by atoms with E-state index in [1.807, 2.05) is 68.4 Å². The van der Waals surface area contributed by atoms with E-state index in [9.17, 15) is 18.0 Å². The van der Waals surface area contributed by atoms with Crippen molar-refractivity contribution in [1.29, 1.82) is 0 Å². The average Bonchev–Trinajstić information content (AvgIpc) is 3.03. The molecule has 0 aromatic heterocycles. The van der Waals surface area contributed by atoms with Gasteiger partial charge in [0.2, 0.25) is 11.8 Å². The van der Waals surface area contributed by atoms with Crippen molar-refractivity contribution in [3.05, 3.63) is 125 Å². The minimum Gasteiger partial charge on any atom is -0.497 e. The summed E-state index contributed by atoms with van der Waals surface area (Å²) in [5.41, 5.74) is 3.55. The summed E-state index contributed by atoms with van der Waals surface area (Å²) in [7, 11) is -1.07. The topological polar surface area (TPSA) is 96.0 Å². The van der Waals surface area contributed by atoms with Crippen LogP contribution < -0.4 is 14.4 Å². The number of hydrogen-bond acceptors (Lipinski definition) is 5. The number of hydrogen-bond donors (Lipinski definition) is 1. The standard InChI is InChI=1S/C34H37N3O5S/c1-25-18-19-26(2)31(20-25)37(43(40,41)30-16-9-6-10-17-30)24-33(38)36(23-28-14-11-15-29(21-28)42-4)32(34(39)35-3)22-27-12-7-5-8-13-27/h5-21,32H,22-24H2,1-4H3,(H,35,39)/t32-/m1/s1. The van der Waals surface area contributed by atoms with Crippen LogP contribution in [0, 0.1) is 13.8 Å². The molecular formula is C34H37N3O5S. The Morgan fingerprint density at radius 1 is 0.837 bits per heavy atom. The van der Waals surface area contributed by atoms with Crippen LogP contribution in [0.15, 0.2) is 108 Å². The van der Waals surface area contributed by atoms with Gasteiger partial charge in [-0.05, 0) is 66.4 Å². The van der Waals surface area contributed by atoms with Crippen molar-refractivity contribution in [3.8, 4) is 5.75 Å². The molecule has 4 aromatic rings. The van der Waals surface area contributed by atoms with Gasteiger partial charge in [0, 0.05) is 20.0 Å². The van der Waals surface area contributed by atoms with Crippen LogP contribution in [0.1, 0.15) is 22.3 Å². The number of likely N-dealkylation sites (N-methyl/N-ethyl adjacent to an activating group) is 1. The summed E-state index contributed by atoms with van der Waals surface area (Å²) in [6, 6.07) is 29.3. The molecule has 1 N–H and O–H groups in total. The van der Waals surface area contributed by atoms with Gasteiger partial charge in [0.15, 0.2) is 0 Å². The van der Waals surface area contributed by atoms with Crippen LogP contribution in [0.5, 0.6) is 5.75 Å². The average molecular weight is 600 g/mol. The fourth-order valence-electron chi connectivity index (χ4n) is 4.91. The van der Waals surface area contributed by atoms with E-state index in [1.54, 1.807) is 43.5 Å².